The predicted molar refractivity (Wildman–Crippen MR) is 135 cm³/mol. The van der Waals surface area contributed by atoms with E-state index in [2.05, 4.69) is 10.1 Å². The van der Waals surface area contributed by atoms with E-state index in [0.717, 1.165) is 37.0 Å². The van der Waals surface area contributed by atoms with Gasteiger partial charge in [-0.2, -0.15) is 0 Å². The SMILES string of the molecule is O=C(O)Cc1csc([C@@]2(O)[C@@H]3CC[C@H]2C[C@@H](OCc2c(-c4c(Cl)cccc4Cl)noc2C2CC2)C3)n1. The Morgan fingerprint density at radius 1 is 1.17 bits per heavy atom. The summed E-state index contributed by atoms with van der Waals surface area (Å²) in [5, 5.41) is 28.6. The lowest BCUT2D eigenvalue weighted by Gasteiger charge is -2.41. The van der Waals surface area contributed by atoms with Crippen LogP contribution in [0.15, 0.2) is 28.1 Å². The quantitative estimate of drug-likeness (QED) is 0.345. The summed E-state index contributed by atoms with van der Waals surface area (Å²) in [4.78, 5) is 15.6. The zero-order valence-electron chi connectivity index (χ0n) is 19.5. The number of ether oxygens (including phenoxy) is 1. The second-order valence-corrected chi connectivity index (χ2v) is 11.8. The van der Waals surface area contributed by atoms with Crippen molar-refractivity contribution in [3.63, 3.8) is 0 Å². The van der Waals surface area contributed by atoms with Gasteiger partial charge in [-0.15, -0.1) is 11.3 Å². The Morgan fingerprint density at radius 3 is 2.50 bits per heavy atom. The number of carbonyl (C=O) groups is 1. The van der Waals surface area contributed by atoms with Gasteiger partial charge in [0, 0.05) is 22.4 Å². The summed E-state index contributed by atoms with van der Waals surface area (Å²) in [7, 11) is 0. The first kappa shape index (κ1) is 24.4. The molecule has 2 N–H and O–H groups in total. The molecular formula is C26H26Cl2N2O5S. The number of halogens is 2. The van der Waals surface area contributed by atoms with Gasteiger partial charge in [-0.25, -0.2) is 4.98 Å². The summed E-state index contributed by atoms with van der Waals surface area (Å²) >= 11 is 14.3. The lowest BCUT2D eigenvalue weighted by atomic mass is 9.73. The van der Waals surface area contributed by atoms with Crippen molar-refractivity contribution < 1.29 is 24.3 Å². The third-order valence-electron chi connectivity index (χ3n) is 7.86. The van der Waals surface area contributed by atoms with Crippen molar-refractivity contribution in [2.45, 2.75) is 69.2 Å². The van der Waals surface area contributed by atoms with E-state index in [-0.39, 0.29) is 24.4 Å². The molecule has 0 radical (unpaired) electrons. The van der Waals surface area contributed by atoms with Crippen LogP contribution < -0.4 is 0 Å². The Bertz CT molecular complexity index is 1270. The molecule has 10 heteroatoms. The van der Waals surface area contributed by atoms with Crippen LogP contribution in [0.25, 0.3) is 11.3 Å². The summed E-state index contributed by atoms with van der Waals surface area (Å²) in [6.45, 7) is 0.342. The molecule has 3 fully saturated rings. The van der Waals surface area contributed by atoms with Crippen molar-refractivity contribution in [2.75, 3.05) is 0 Å². The number of hydrogen-bond donors (Lipinski definition) is 2. The number of aliphatic hydroxyl groups is 1. The lowest BCUT2D eigenvalue weighted by molar-refractivity contribution is -0.136. The largest absolute Gasteiger partial charge is 0.481 e. The van der Waals surface area contributed by atoms with Gasteiger partial charge >= 0.3 is 5.97 Å². The lowest BCUT2D eigenvalue weighted by Crippen LogP contribution is -2.44. The summed E-state index contributed by atoms with van der Waals surface area (Å²) in [5.41, 5.74) is 1.68. The van der Waals surface area contributed by atoms with Gasteiger partial charge in [0.25, 0.3) is 0 Å². The maximum Gasteiger partial charge on any atom is 0.309 e. The molecule has 3 saturated carbocycles. The molecule has 0 aliphatic heterocycles. The van der Waals surface area contributed by atoms with E-state index >= 15 is 0 Å². The van der Waals surface area contributed by atoms with Crippen LogP contribution in [0.2, 0.25) is 10.0 Å². The molecule has 190 valence electrons. The van der Waals surface area contributed by atoms with Crippen LogP contribution >= 0.6 is 34.5 Å². The van der Waals surface area contributed by atoms with Gasteiger partial charge in [-0.1, -0.05) is 34.4 Å². The highest BCUT2D eigenvalue weighted by atomic mass is 35.5. The number of fused-ring (bicyclic) bond motifs is 2. The summed E-state index contributed by atoms with van der Waals surface area (Å²) in [6, 6.07) is 5.39. The summed E-state index contributed by atoms with van der Waals surface area (Å²) in [6.07, 6.45) is 5.21. The normalized spacial score (nSPS) is 27.5. The number of carboxylic acids is 1. The van der Waals surface area contributed by atoms with Gasteiger partial charge in [-0.05, 0) is 62.5 Å². The number of aromatic nitrogens is 2. The molecule has 3 aliphatic rings. The standard InChI is InChI=1S/C26H26Cl2N2O5S/c27-19-2-1-3-20(28)22(19)23-18(24(35-30-23)13-4-5-13)11-34-17-8-14-6-7-15(9-17)26(14,33)25-29-16(12-36-25)10-21(31)32/h1-3,12-15,17,33H,4-11H2,(H,31,32)/t14-,15+,17+,26-. The first-order chi connectivity index (χ1) is 17.3. The first-order valence-corrected chi connectivity index (χ1v) is 13.9. The number of nitrogens with zero attached hydrogens (tertiary/aromatic N) is 2. The molecule has 2 aromatic heterocycles. The Hall–Kier alpha value is -1.97. The Balaban J connectivity index is 1.20. The molecule has 2 bridgehead atoms. The maximum absolute atomic E-state index is 11.7. The topological polar surface area (TPSA) is 106 Å². The van der Waals surface area contributed by atoms with Crippen molar-refractivity contribution in [1.29, 1.82) is 0 Å². The van der Waals surface area contributed by atoms with Crippen LogP contribution in [0.5, 0.6) is 0 Å². The number of thiazole rings is 1. The van der Waals surface area contributed by atoms with Crippen LogP contribution in [0.3, 0.4) is 0 Å². The number of benzene rings is 1. The molecule has 3 aliphatic carbocycles. The average Bonchev–Trinajstić information content (AvgIpc) is 3.40. The zero-order valence-corrected chi connectivity index (χ0v) is 21.8. The molecular weight excluding hydrogens is 523 g/mol. The highest BCUT2D eigenvalue weighted by Crippen LogP contribution is 2.56. The smallest absolute Gasteiger partial charge is 0.309 e. The second-order valence-electron chi connectivity index (χ2n) is 10.2. The van der Waals surface area contributed by atoms with Gasteiger partial charge in [0.1, 0.15) is 22.1 Å². The molecule has 1 aromatic carbocycles. The van der Waals surface area contributed by atoms with E-state index in [1.807, 2.05) is 0 Å². The van der Waals surface area contributed by atoms with E-state index in [1.54, 1.807) is 23.6 Å². The number of rotatable bonds is 8. The van der Waals surface area contributed by atoms with Gasteiger partial charge < -0.3 is 19.5 Å². The van der Waals surface area contributed by atoms with Crippen LogP contribution in [0.1, 0.15) is 66.5 Å². The van der Waals surface area contributed by atoms with Crippen LogP contribution in [-0.2, 0) is 28.2 Å². The van der Waals surface area contributed by atoms with E-state index in [4.69, 9.17) is 37.6 Å². The van der Waals surface area contributed by atoms with Gasteiger partial charge in [0.2, 0.25) is 0 Å². The Kier molecular flexibility index (Phi) is 6.37. The molecule has 6 rings (SSSR count). The van der Waals surface area contributed by atoms with Crippen molar-refractivity contribution in [1.82, 2.24) is 10.1 Å². The van der Waals surface area contributed by atoms with Gasteiger partial charge in [0.05, 0.1) is 34.9 Å². The number of aliphatic carboxylic acids is 1. The predicted octanol–water partition coefficient (Wildman–Crippen LogP) is 6.20. The molecule has 0 spiro atoms. The fourth-order valence-electron chi connectivity index (χ4n) is 5.96. The van der Waals surface area contributed by atoms with Gasteiger partial charge in [0.15, 0.2) is 0 Å². The molecule has 3 aromatic rings. The molecule has 0 saturated heterocycles. The van der Waals surface area contributed by atoms with Crippen molar-refractivity contribution >= 4 is 40.5 Å². The Morgan fingerprint density at radius 2 is 1.86 bits per heavy atom. The van der Waals surface area contributed by atoms with E-state index in [9.17, 15) is 9.90 Å². The van der Waals surface area contributed by atoms with Crippen molar-refractivity contribution in [2.24, 2.45) is 11.8 Å². The first-order valence-electron chi connectivity index (χ1n) is 12.3. The van der Waals surface area contributed by atoms with E-state index in [0.29, 0.717) is 57.4 Å². The summed E-state index contributed by atoms with van der Waals surface area (Å²) in [5.74, 6) is 0.324. The second kappa shape index (κ2) is 9.40. The molecule has 0 amide bonds. The van der Waals surface area contributed by atoms with Gasteiger partial charge in [-0.3, -0.25) is 4.79 Å². The number of hydrogen-bond acceptors (Lipinski definition) is 7. The fraction of sp³-hybridized carbons (Fsp3) is 0.500. The van der Waals surface area contributed by atoms with Crippen LogP contribution in [0, 0.1) is 11.8 Å². The van der Waals surface area contributed by atoms with Crippen LogP contribution in [0.4, 0.5) is 0 Å². The highest BCUT2D eigenvalue weighted by molar-refractivity contribution is 7.09. The molecule has 4 atom stereocenters. The maximum atomic E-state index is 11.7. The molecule has 0 unspecified atom stereocenters. The third-order valence-corrected chi connectivity index (χ3v) is 9.52. The minimum atomic E-state index is -1.02. The minimum Gasteiger partial charge on any atom is -0.481 e. The third kappa shape index (κ3) is 4.27. The molecule has 7 nitrogen and oxygen atoms in total. The monoisotopic (exact) mass is 548 g/mol. The van der Waals surface area contributed by atoms with E-state index < -0.39 is 11.6 Å². The summed E-state index contributed by atoms with van der Waals surface area (Å²) < 4.78 is 12.2. The van der Waals surface area contributed by atoms with Crippen LogP contribution in [-0.4, -0.2) is 32.4 Å². The van der Waals surface area contributed by atoms with Crippen molar-refractivity contribution in [3.8, 4) is 11.3 Å². The fourth-order valence-corrected chi connectivity index (χ4v) is 7.62. The molecule has 36 heavy (non-hydrogen) atoms. The van der Waals surface area contributed by atoms with E-state index in [1.165, 1.54) is 11.3 Å². The number of carboxylic acid groups (broad SMARTS) is 1. The Labute approximate surface area is 222 Å². The average molecular weight is 549 g/mol. The zero-order chi connectivity index (χ0) is 25.0. The highest BCUT2D eigenvalue weighted by Gasteiger charge is 2.56. The molecule has 2 heterocycles. The minimum absolute atomic E-state index is 0.0160. The van der Waals surface area contributed by atoms with Crippen molar-refractivity contribution in [3.05, 3.63) is 55.6 Å².